The molecule has 0 unspecified atom stereocenters. The molecule has 2 aliphatic rings. The largest absolute Gasteiger partial charge is 0.451 e. The molecule has 2 aromatic carbocycles. The molecule has 27 heavy (non-hydrogen) atoms. The van der Waals surface area contributed by atoms with Crippen LogP contribution < -0.4 is 0 Å². The van der Waals surface area contributed by atoms with Gasteiger partial charge in [0.05, 0.1) is 5.37 Å². The van der Waals surface area contributed by atoms with Crippen LogP contribution in [0.2, 0.25) is 0 Å². The number of nitrogens with zero attached hydrogens (tertiary/aromatic N) is 1. The second kappa shape index (κ2) is 7.09. The molecule has 0 saturated carbocycles. The molecule has 0 aromatic heterocycles. The minimum absolute atomic E-state index is 0.109. The van der Waals surface area contributed by atoms with E-state index in [-0.39, 0.29) is 30.1 Å². The molecule has 4 rings (SSSR count). The van der Waals surface area contributed by atoms with Crippen LogP contribution in [0.5, 0.6) is 0 Å². The Morgan fingerprint density at radius 2 is 2.00 bits per heavy atom. The first-order chi connectivity index (χ1) is 13.1. The zero-order valence-electron chi connectivity index (χ0n) is 14.5. The third-order valence-corrected chi connectivity index (χ3v) is 6.35. The zero-order valence-corrected chi connectivity index (χ0v) is 15.3. The average Bonchev–Trinajstić information content (AvgIpc) is 3.06. The number of amides is 1. The molecule has 2 aromatic rings. The Bertz CT molecular complexity index is 974. The van der Waals surface area contributed by atoms with Crippen LogP contribution in [0, 0.1) is 18.3 Å². The molecule has 2 aliphatic heterocycles. The van der Waals surface area contributed by atoms with Gasteiger partial charge in [0.2, 0.25) is 5.91 Å². The molecule has 2 saturated heterocycles. The smallest absolute Gasteiger partial charge is 0.330 e. The summed E-state index contributed by atoms with van der Waals surface area (Å²) in [5.74, 6) is 1.07. The molecular formula is C21H17NO4S. The van der Waals surface area contributed by atoms with Gasteiger partial charge in [0.15, 0.2) is 12.4 Å². The first kappa shape index (κ1) is 17.6. The van der Waals surface area contributed by atoms with Crippen molar-refractivity contribution >= 4 is 40.2 Å². The molecule has 0 radical (unpaired) electrons. The topological polar surface area (TPSA) is 63.7 Å². The van der Waals surface area contributed by atoms with E-state index in [0.717, 1.165) is 16.3 Å². The number of hydrogen-bond acceptors (Lipinski definition) is 5. The number of carbonyl (C=O) groups is 3. The summed E-state index contributed by atoms with van der Waals surface area (Å²) in [7, 11) is 0. The Kier molecular flexibility index (Phi) is 4.63. The minimum atomic E-state index is -0.695. The van der Waals surface area contributed by atoms with Crippen LogP contribution in [-0.4, -0.2) is 46.3 Å². The van der Waals surface area contributed by atoms with Crippen LogP contribution in [0.1, 0.15) is 5.56 Å². The first-order valence-corrected chi connectivity index (χ1v) is 9.70. The van der Waals surface area contributed by atoms with Gasteiger partial charge < -0.3 is 9.64 Å². The Morgan fingerprint density at radius 1 is 1.22 bits per heavy atom. The number of ketones is 1. The molecule has 136 valence electrons. The van der Waals surface area contributed by atoms with E-state index in [9.17, 15) is 14.4 Å². The fraction of sp³-hybridized carbons (Fsp3) is 0.286. The standard InChI is InChI=1S/C21H17NO4S/c1-2-10-26-21(25)16-12-27-20-18(19(24)22(16)20)17(23)11-14-8-5-7-13-6-3-4-9-15(13)14/h1,3-9,16,18,20H,10-12H2/t16-,18+,20-/m0/s1. The van der Waals surface area contributed by atoms with Gasteiger partial charge in [-0.2, -0.15) is 0 Å². The van der Waals surface area contributed by atoms with Crippen molar-refractivity contribution in [1.82, 2.24) is 4.90 Å². The van der Waals surface area contributed by atoms with Gasteiger partial charge in [0.1, 0.15) is 12.0 Å². The van der Waals surface area contributed by atoms with E-state index < -0.39 is 17.9 Å². The Labute approximate surface area is 161 Å². The number of terminal acetylenes is 1. The van der Waals surface area contributed by atoms with Gasteiger partial charge in [-0.15, -0.1) is 18.2 Å². The predicted octanol–water partition coefficient (Wildman–Crippen LogP) is 2.03. The normalized spacial score (nSPS) is 23.4. The van der Waals surface area contributed by atoms with Crippen molar-refractivity contribution in [3.63, 3.8) is 0 Å². The fourth-order valence-corrected chi connectivity index (χ4v) is 5.24. The van der Waals surface area contributed by atoms with Crippen LogP contribution in [-0.2, 0) is 25.5 Å². The molecule has 6 heteroatoms. The van der Waals surface area contributed by atoms with Crippen molar-refractivity contribution in [2.75, 3.05) is 12.4 Å². The Hall–Kier alpha value is -2.78. The number of fused-ring (bicyclic) bond motifs is 2. The van der Waals surface area contributed by atoms with Gasteiger partial charge in [-0.05, 0) is 16.3 Å². The second-order valence-electron chi connectivity index (χ2n) is 6.56. The highest BCUT2D eigenvalue weighted by Crippen LogP contribution is 2.44. The van der Waals surface area contributed by atoms with E-state index >= 15 is 0 Å². The van der Waals surface area contributed by atoms with Gasteiger partial charge >= 0.3 is 5.97 Å². The van der Waals surface area contributed by atoms with Gasteiger partial charge in [0.25, 0.3) is 0 Å². The van der Waals surface area contributed by atoms with Crippen molar-refractivity contribution in [2.24, 2.45) is 5.92 Å². The van der Waals surface area contributed by atoms with E-state index in [2.05, 4.69) is 5.92 Å². The zero-order chi connectivity index (χ0) is 19.0. The summed E-state index contributed by atoms with van der Waals surface area (Å²) in [6, 6.07) is 13.1. The van der Waals surface area contributed by atoms with E-state index in [1.165, 1.54) is 16.7 Å². The van der Waals surface area contributed by atoms with Crippen LogP contribution in [0.25, 0.3) is 10.8 Å². The summed E-state index contributed by atoms with van der Waals surface area (Å²) in [6.07, 6.45) is 5.30. The van der Waals surface area contributed by atoms with Crippen molar-refractivity contribution in [1.29, 1.82) is 0 Å². The molecule has 2 heterocycles. The van der Waals surface area contributed by atoms with Crippen LogP contribution >= 0.6 is 11.8 Å². The molecule has 0 bridgehead atoms. The third kappa shape index (κ3) is 2.98. The summed E-state index contributed by atoms with van der Waals surface area (Å²) in [5.41, 5.74) is 0.914. The summed E-state index contributed by atoms with van der Waals surface area (Å²) in [6.45, 7) is -0.115. The number of ether oxygens (including phenoxy) is 1. The molecule has 0 aliphatic carbocycles. The maximum atomic E-state index is 12.8. The third-order valence-electron chi connectivity index (χ3n) is 5.00. The highest BCUT2D eigenvalue weighted by molar-refractivity contribution is 8.00. The van der Waals surface area contributed by atoms with Crippen molar-refractivity contribution < 1.29 is 19.1 Å². The molecule has 1 amide bonds. The lowest BCUT2D eigenvalue weighted by atomic mass is 9.87. The quantitative estimate of drug-likeness (QED) is 0.344. The lowest BCUT2D eigenvalue weighted by molar-refractivity contribution is -0.166. The number of Topliss-reactive ketones (excluding diaryl/α,β-unsaturated/α-hetero) is 1. The maximum Gasteiger partial charge on any atom is 0.330 e. The lowest BCUT2D eigenvalue weighted by Gasteiger charge is -2.42. The van der Waals surface area contributed by atoms with Crippen molar-refractivity contribution in [3.05, 3.63) is 48.0 Å². The number of rotatable bonds is 5. The van der Waals surface area contributed by atoms with Crippen LogP contribution in [0.15, 0.2) is 42.5 Å². The van der Waals surface area contributed by atoms with E-state index in [1.54, 1.807) is 0 Å². The molecular weight excluding hydrogens is 362 g/mol. The van der Waals surface area contributed by atoms with Gasteiger partial charge in [-0.1, -0.05) is 48.4 Å². The van der Waals surface area contributed by atoms with E-state index in [4.69, 9.17) is 11.2 Å². The molecule has 0 N–H and O–H groups in total. The summed E-state index contributed by atoms with van der Waals surface area (Å²) in [5, 5.41) is 1.80. The van der Waals surface area contributed by atoms with Gasteiger partial charge in [-0.3, -0.25) is 9.59 Å². The number of hydrogen-bond donors (Lipinski definition) is 0. The highest BCUT2D eigenvalue weighted by Gasteiger charge is 2.59. The maximum absolute atomic E-state index is 12.8. The van der Waals surface area contributed by atoms with E-state index in [1.807, 2.05) is 42.5 Å². The van der Waals surface area contributed by atoms with Crippen molar-refractivity contribution in [2.45, 2.75) is 17.8 Å². The SMILES string of the molecule is C#CCOC(=O)[C@@H]1CS[C@H]2[C@H](C(=O)Cc3cccc4ccccc34)C(=O)N12. The van der Waals surface area contributed by atoms with Gasteiger partial charge in [-0.25, -0.2) is 4.79 Å². The first-order valence-electron chi connectivity index (χ1n) is 8.65. The molecule has 0 spiro atoms. The lowest BCUT2D eigenvalue weighted by Crippen LogP contribution is -2.63. The van der Waals surface area contributed by atoms with Crippen molar-refractivity contribution in [3.8, 4) is 12.3 Å². The summed E-state index contributed by atoms with van der Waals surface area (Å²) in [4.78, 5) is 38.9. The summed E-state index contributed by atoms with van der Waals surface area (Å²) >= 11 is 1.45. The fourth-order valence-electron chi connectivity index (χ4n) is 3.70. The van der Waals surface area contributed by atoms with Crippen LogP contribution in [0.4, 0.5) is 0 Å². The number of thioether (sulfide) groups is 1. The Balaban J connectivity index is 1.48. The van der Waals surface area contributed by atoms with Gasteiger partial charge in [0, 0.05) is 12.2 Å². The minimum Gasteiger partial charge on any atom is -0.451 e. The second-order valence-corrected chi connectivity index (χ2v) is 7.71. The molecule has 2 fully saturated rings. The number of carbonyl (C=O) groups excluding carboxylic acids is 3. The number of esters is 1. The average molecular weight is 379 g/mol. The predicted molar refractivity (Wildman–Crippen MR) is 103 cm³/mol. The molecule has 3 atom stereocenters. The summed E-state index contributed by atoms with van der Waals surface area (Å²) < 4.78 is 4.95. The molecule has 5 nitrogen and oxygen atoms in total. The number of β-lactam (4-membered cyclic amide) rings is 1. The monoisotopic (exact) mass is 379 g/mol. The van der Waals surface area contributed by atoms with E-state index in [0.29, 0.717) is 5.75 Å². The van der Waals surface area contributed by atoms with Crippen LogP contribution in [0.3, 0.4) is 0 Å². The number of benzene rings is 2. The Morgan fingerprint density at radius 3 is 2.81 bits per heavy atom. The highest BCUT2D eigenvalue weighted by atomic mass is 32.2.